The summed E-state index contributed by atoms with van der Waals surface area (Å²) in [4.78, 5) is 15.0. The van der Waals surface area contributed by atoms with Gasteiger partial charge in [-0.1, -0.05) is 43.2 Å². The van der Waals surface area contributed by atoms with E-state index >= 15 is 0 Å². The van der Waals surface area contributed by atoms with E-state index in [9.17, 15) is 4.79 Å². The Bertz CT molecular complexity index is 515. The van der Waals surface area contributed by atoms with Crippen molar-refractivity contribution in [2.45, 2.75) is 37.8 Å². The SMILES string of the molecule is O=C1C2CCCCC2C2(c3ccccc3)NCCCN12. The molecule has 3 atom stereocenters. The second-order valence-corrected chi connectivity index (χ2v) is 6.40. The van der Waals surface area contributed by atoms with Crippen LogP contribution in [-0.2, 0) is 10.5 Å². The van der Waals surface area contributed by atoms with Gasteiger partial charge in [-0.3, -0.25) is 10.1 Å². The summed E-state index contributed by atoms with van der Waals surface area (Å²) in [6, 6.07) is 10.6. The van der Waals surface area contributed by atoms with Crippen molar-refractivity contribution in [3.63, 3.8) is 0 Å². The minimum atomic E-state index is -0.221. The Morgan fingerprint density at radius 3 is 2.75 bits per heavy atom. The Balaban J connectivity index is 1.85. The predicted molar refractivity (Wildman–Crippen MR) is 77.9 cm³/mol. The molecule has 3 aliphatic rings. The first kappa shape index (κ1) is 12.4. The van der Waals surface area contributed by atoms with E-state index in [0.29, 0.717) is 11.8 Å². The van der Waals surface area contributed by atoms with Crippen molar-refractivity contribution in [2.24, 2.45) is 11.8 Å². The lowest BCUT2D eigenvalue weighted by Crippen LogP contribution is -2.60. The Morgan fingerprint density at radius 1 is 1.10 bits per heavy atom. The molecule has 1 aromatic carbocycles. The summed E-state index contributed by atoms with van der Waals surface area (Å²) in [5, 5.41) is 3.75. The Hall–Kier alpha value is -1.35. The smallest absolute Gasteiger partial charge is 0.227 e. The summed E-state index contributed by atoms with van der Waals surface area (Å²) in [5.41, 5.74) is 1.06. The van der Waals surface area contributed by atoms with E-state index < -0.39 is 0 Å². The van der Waals surface area contributed by atoms with Gasteiger partial charge in [-0.15, -0.1) is 0 Å². The highest BCUT2D eigenvalue weighted by Gasteiger charge is 2.59. The van der Waals surface area contributed by atoms with Crippen LogP contribution >= 0.6 is 0 Å². The Kier molecular flexibility index (Phi) is 2.84. The van der Waals surface area contributed by atoms with Gasteiger partial charge in [-0.05, 0) is 31.4 Å². The number of nitrogens with one attached hydrogen (secondary N) is 1. The normalized spacial score (nSPS) is 36.6. The lowest BCUT2D eigenvalue weighted by atomic mass is 9.72. The van der Waals surface area contributed by atoms with Gasteiger partial charge in [0.15, 0.2) is 0 Å². The molecule has 4 rings (SSSR count). The summed E-state index contributed by atoms with van der Waals surface area (Å²) in [6.07, 6.45) is 5.80. The van der Waals surface area contributed by atoms with Crippen molar-refractivity contribution in [1.29, 1.82) is 0 Å². The van der Waals surface area contributed by atoms with Gasteiger partial charge in [0.25, 0.3) is 0 Å². The molecule has 1 saturated carbocycles. The van der Waals surface area contributed by atoms with Gasteiger partial charge >= 0.3 is 0 Å². The molecule has 0 bridgehead atoms. The van der Waals surface area contributed by atoms with E-state index in [1.165, 1.54) is 24.8 Å². The van der Waals surface area contributed by atoms with Crippen molar-refractivity contribution in [3.8, 4) is 0 Å². The number of nitrogens with zero attached hydrogens (tertiary/aromatic N) is 1. The van der Waals surface area contributed by atoms with Crippen LogP contribution < -0.4 is 5.32 Å². The molecule has 1 amide bonds. The van der Waals surface area contributed by atoms with E-state index in [2.05, 4.69) is 40.5 Å². The van der Waals surface area contributed by atoms with E-state index in [-0.39, 0.29) is 11.6 Å². The van der Waals surface area contributed by atoms with Gasteiger partial charge in [-0.2, -0.15) is 0 Å². The minimum Gasteiger partial charge on any atom is -0.320 e. The molecule has 0 aromatic heterocycles. The van der Waals surface area contributed by atoms with Gasteiger partial charge in [0.05, 0.1) is 0 Å². The topological polar surface area (TPSA) is 32.3 Å². The number of hydrogen-bond donors (Lipinski definition) is 1. The maximum Gasteiger partial charge on any atom is 0.227 e. The van der Waals surface area contributed by atoms with Crippen LogP contribution in [0.5, 0.6) is 0 Å². The molecule has 2 saturated heterocycles. The average Bonchev–Trinajstić information content (AvgIpc) is 2.80. The summed E-state index contributed by atoms with van der Waals surface area (Å²) >= 11 is 0. The largest absolute Gasteiger partial charge is 0.320 e. The molecule has 106 valence electrons. The fourth-order valence-corrected chi connectivity index (χ4v) is 4.69. The van der Waals surface area contributed by atoms with Crippen molar-refractivity contribution >= 4 is 5.91 Å². The maximum absolute atomic E-state index is 12.8. The number of carbonyl (C=O) groups excluding carboxylic acids is 1. The molecule has 3 nitrogen and oxygen atoms in total. The highest BCUT2D eigenvalue weighted by atomic mass is 16.2. The van der Waals surface area contributed by atoms with E-state index in [1.54, 1.807) is 0 Å². The number of amides is 1. The molecule has 2 heterocycles. The molecule has 20 heavy (non-hydrogen) atoms. The van der Waals surface area contributed by atoms with Crippen molar-refractivity contribution in [2.75, 3.05) is 13.1 Å². The van der Waals surface area contributed by atoms with Crippen LogP contribution in [0.25, 0.3) is 0 Å². The number of fused-ring (bicyclic) bond motifs is 3. The first-order valence-electron chi connectivity index (χ1n) is 7.96. The maximum atomic E-state index is 12.8. The first-order valence-corrected chi connectivity index (χ1v) is 7.96. The molecule has 3 unspecified atom stereocenters. The van der Waals surface area contributed by atoms with Crippen LogP contribution in [0.15, 0.2) is 30.3 Å². The van der Waals surface area contributed by atoms with Gasteiger partial charge in [0.1, 0.15) is 5.66 Å². The Morgan fingerprint density at radius 2 is 1.90 bits per heavy atom. The van der Waals surface area contributed by atoms with Crippen LogP contribution in [0.1, 0.15) is 37.7 Å². The highest BCUT2D eigenvalue weighted by Crippen LogP contribution is 2.52. The fraction of sp³-hybridized carbons (Fsp3) is 0.588. The van der Waals surface area contributed by atoms with Crippen molar-refractivity contribution in [1.82, 2.24) is 10.2 Å². The summed E-state index contributed by atoms with van der Waals surface area (Å²) in [6.45, 7) is 1.93. The van der Waals surface area contributed by atoms with Crippen LogP contribution in [0.2, 0.25) is 0 Å². The zero-order chi connectivity index (χ0) is 13.6. The standard InChI is InChI=1S/C17H22N2O/c20-16-14-9-4-5-10-15(14)17(13-7-2-1-3-8-13)18-11-6-12-19(16)17/h1-3,7-8,14-15,18H,4-6,9-12H2. The van der Waals surface area contributed by atoms with Crippen molar-refractivity contribution < 1.29 is 4.79 Å². The van der Waals surface area contributed by atoms with Gasteiger partial charge in [-0.25, -0.2) is 0 Å². The lowest BCUT2D eigenvalue weighted by Gasteiger charge is -2.47. The monoisotopic (exact) mass is 270 g/mol. The number of rotatable bonds is 1. The molecule has 1 aliphatic carbocycles. The zero-order valence-corrected chi connectivity index (χ0v) is 11.8. The lowest BCUT2D eigenvalue weighted by molar-refractivity contribution is -0.136. The number of benzene rings is 1. The van der Waals surface area contributed by atoms with E-state index in [4.69, 9.17) is 0 Å². The third-order valence-electron chi connectivity index (χ3n) is 5.48. The van der Waals surface area contributed by atoms with Crippen LogP contribution in [0.4, 0.5) is 0 Å². The predicted octanol–water partition coefficient (Wildman–Crippen LogP) is 2.48. The second kappa shape index (κ2) is 4.59. The van der Waals surface area contributed by atoms with Gasteiger partial charge in [0.2, 0.25) is 5.91 Å². The third-order valence-corrected chi connectivity index (χ3v) is 5.48. The number of carbonyl (C=O) groups is 1. The van der Waals surface area contributed by atoms with Crippen LogP contribution in [0.3, 0.4) is 0 Å². The summed E-state index contributed by atoms with van der Waals surface area (Å²) in [5.74, 6) is 1.09. The first-order chi connectivity index (χ1) is 9.84. The molecule has 0 spiro atoms. The molecule has 3 fully saturated rings. The molecule has 2 aliphatic heterocycles. The number of hydrogen-bond acceptors (Lipinski definition) is 2. The van der Waals surface area contributed by atoms with Crippen molar-refractivity contribution in [3.05, 3.63) is 35.9 Å². The zero-order valence-electron chi connectivity index (χ0n) is 11.8. The van der Waals surface area contributed by atoms with Crippen LogP contribution in [-0.4, -0.2) is 23.9 Å². The fourth-order valence-electron chi connectivity index (χ4n) is 4.69. The van der Waals surface area contributed by atoms with Gasteiger partial charge in [0, 0.05) is 18.4 Å². The summed E-state index contributed by atoms with van der Waals surface area (Å²) < 4.78 is 0. The molecular formula is C17H22N2O. The Labute approximate surface area is 120 Å². The average molecular weight is 270 g/mol. The molecular weight excluding hydrogens is 248 g/mol. The molecule has 3 heteroatoms. The highest BCUT2D eigenvalue weighted by molar-refractivity contribution is 5.83. The van der Waals surface area contributed by atoms with E-state index in [0.717, 1.165) is 25.9 Å². The quantitative estimate of drug-likeness (QED) is 0.850. The minimum absolute atomic E-state index is 0.221. The molecule has 0 radical (unpaired) electrons. The second-order valence-electron chi connectivity index (χ2n) is 6.40. The molecule has 1 aromatic rings. The summed E-state index contributed by atoms with van der Waals surface area (Å²) in [7, 11) is 0. The van der Waals surface area contributed by atoms with Gasteiger partial charge < -0.3 is 4.90 Å². The van der Waals surface area contributed by atoms with Crippen LogP contribution in [0, 0.1) is 11.8 Å². The van der Waals surface area contributed by atoms with E-state index in [1.807, 2.05) is 0 Å². The molecule has 1 N–H and O–H groups in total. The third kappa shape index (κ3) is 1.53.